The van der Waals surface area contributed by atoms with Crippen LogP contribution in [0.15, 0.2) is 52.4 Å². The number of sulfonamides is 1. The summed E-state index contributed by atoms with van der Waals surface area (Å²) >= 11 is 1.13. The van der Waals surface area contributed by atoms with Crippen molar-refractivity contribution in [2.45, 2.75) is 38.1 Å². The van der Waals surface area contributed by atoms with Crippen LogP contribution in [0.2, 0.25) is 0 Å². The van der Waals surface area contributed by atoms with Gasteiger partial charge in [0.2, 0.25) is 10.0 Å². The molecule has 10 nitrogen and oxygen atoms in total. The third-order valence-electron chi connectivity index (χ3n) is 5.53. The normalized spacial score (nSPS) is 12.2. The second-order valence-corrected chi connectivity index (χ2v) is 11.1. The van der Waals surface area contributed by atoms with Crippen LogP contribution in [0.5, 0.6) is 0 Å². The molecule has 0 fully saturated rings. The van der Waals surface area contributed by atoms with Crippen molar-refractivity contribution in [2.75, 3.05) is 27.3 Å². The number of thiazole rings is 1. The molecule has 0 N–H and O–H groups in total. The molecule has 0 saturated heterocycles. The van der Waals surface area contributed by atoms with Gasteiger partial charge in [-0.05, 0) is 55.8 Å². The first-order valence-corrected chi connectivity index (χ1v) is 13.9. The van der Waals surface area contributed by atoms with Crippen LogP contribution in [0, 0.1) is 0 Å². The van der Waals surface area contributed by atoms with E-state index in [1.54, 1.807) is 29.7 Å². The predicted molar refractivity (Wildman–Crippen MR) is 139 cm³/mol. The van der Waals surface area contributed by atoms with E-state index in [1.807, 2.05) is 6.92 Å². The quantitative estimate of drug-likeness (QED) is 0.357. The lowest BCUT2D eigenvalue weighted by Crippen LogP contribution is -2.27. The average molecular weight is 548 g/mol. The van der Waals surface area contributed by atoms with Crippen molar-refractivity contribution in [3.05, 3.63) is 58.4 Å². The number of methoxy groups -OCH3 is 1. The van der Waals surface area contributed by atoms with Gasteiger partial charge in [-0.2, -0.15) is 4.99 Å². The number of carbonyl (C=O) groups excluding carboxylic acids is 3. The van der Waals surface area contributed by atoms with E-state index in [9.17, 15) is 22.8 Å². The molecule has 1 amide bonds. The summed E-state index contributed by atoms with van der Waals surface area (Å²) in [4.78, 5) is 41.7. The molecule has 0 aliphatic heterocycles. The molecule has 2 aromatic carbocycles. The smallest absolute Gasteiger partial charge is 0.337 e. The number of aromatic nitrogens is 1. The molecule has 3 aromatic rings. The first-order valence-electron chi connectivity index (χ1n) is 11.6. The molecular formula is C25H29N3O7S2. The molecule has 3 rings (SSSR count). The Labute approximate surface area is 219 Å². The van der Waals surface area contributed by atoms with Gasteiger partial charge in [0, 0.05) is 19.2 Å². The van der Waals surface area contributed by atoms with E-state index in [-0.39, 0.29) is 28.4 Å². The van der Waals surface area contributed by atoms with E-state index >= 15 is 0 Å². The fourth-order valence-corrected chi connectivity index (χ4v) is 5.77. The summed E-state index contributed by atoms with van der Waals surface area (Å²) in [7, 11) is -0.867. The van der Waals surface area contributed by atoms with Crippen molar-refractivity contribution in [3.8, 4) is 0 Å². The first-order chi connectivity index (χ1) is 17.6. The van der Waals surface area contributed by atoms with Crippen LogP contribution in [0.3, 0.4) is 0 Å². The molecular weight excluding hydrogens is 518 g/mol. The van der Waals surface area contributed by atoms with Crippen LogP contribution in [-0.4, -0.2) is 62.4 Å². The van der Waals surface area contributed by atoms with Crippen molar-refractivity contribution >= 4 is 49.4 Å². The lowest BCUT2D eigenvalue weighted by Gasteiger charge is -2.16. The highest BCUT2D eigenvalue weighted by atomic mass is 32.2. The Balaban J connectivity index is 1.99. The molecule has 12 heteroatoms. The summed E-state index contributed by atoms with van der Waals surface area (Å²) in [6.07, 6.45) is 1.61. The molecule has 0 radical (unpaired) electrons. The van der Waals surface area contributed by atoms with Crippen LogP contribution in [-0.2, 0) is 30.8 Å². The monoisotopic (exact) mass is 547 g/mol. The van der Waals surface area contributed by atoms with Gasteiger partial charge in [0.05, 0.1) is 34.4 Å². The number of fused-ring (bicyclic) bond motifs is 1. The van der Waals surface area contributed by atoms with E-state index in [2.05, 4.69) is 4.99 Å². The highest BCUT2D eigenvalue weighted by molar-refractivity contribution is 7.89. The number of unbranched alkanes of at least 4 members (excludes halogenated alkanes) is 1. The number of hydrogen-bond donors (Lipinski definition) is 0. The third kappa shape index (κ3) is 6.51. The molecule has 1 aromatic heterocycles. The Bertz CT molecular complexity index is 1470. The van der Waals surface area contributed by atoms with Gasteiger partial charge in [-0.25, -0.2) is 17.5 Å². The Morgan fingerprint density at radius 3 is 2.35 bits per heavy atom. The second-order valence-electron chi connectivity index (χ2n) is 8.07. The number of ether oxygens (including phenoxy) is 2. The molecule has 0 spiro atoms. The third-order valence-corrected chi connectivity index (χ3v) is 8.44. The summed E-state index contributed by atoms with van der Waals surface area (Å²) in [5.41, 5.74) is 1.09. The van der Waals surface area contributed by atoms with Crippen molar-refractivity contribution in [1.82, 2.24) is 8.87 Å². The lowest BCUT2D eigenvalue weighted by molar-refractivity contribution is -0.143. The number of benzene rings is 2. The van der Waals surface area contributed by atoms with Crippen LogP contribution in [0.1, 0.15) is 47.4 Å². The van der Waals surface area contributed by atoms with Gasteiger partial charge in [0.15, 0.2) is 4.80 Å². The minimum Gasteiger partial charge on any atom is -0.465 e. The summed E-state index contributed by atoms with van der Waals surface area (Å²) in [6.45, 7) is 4.09. The van der Waals surface area contributed by atoms with Gasteiger partial charge in [-0.15, -0.1) is 0 Å². The van der Waals surface area contributed by atoms with Crippen LogP contribution in [0.25, 0.3) is 10.2 Å². The summed E-state index contributed by atoms with van der Waals surface area (Å²) in [5.74, 6) is -1.63. The number of rotatable bonds is 10. The molecule has 198 valence electrons. The van der Waals surface area contributed by atoms with Gasteiger partial charge in [0.1, 0.15) is 6.54 Å². The highest BCUT2D eigenvalue weighted by Gasteiger charge is 2.21. The number of nitrogens with zero attached hydrogens (tertiary/aromatic N) is 3. The zero-order chi connectivity index (χ0) is 27.2. The van der Waals surface area contributed by atoms with Gasteiger partial charge in [-0.1, -0.05) is 24.7 Å². The van der Waals surface area contributed by atoms with Gasteiger partial charge >= 0.3 is 11.9 Å². The predicted octanol–water partition coefficient (Wildman–Crippen LogP) is 3.21. The van der Waals surface area contributed by atoms with Crippen molar-refractivity contribution in [3.63, 3.8) is 0 Å². The fourth-order valence-electron chi connectivity index (χ4n) is 3.49. The van der Waals surface area contributed by atoms with E-state index in [0.29, 0.717) is 22.3 Å². The summed E-state index contributed by atoms with van der Waals surface area (Å²) < 4.78 is 38.8. The molecule has 0 aliphatic carbocycles. The van der Waals surface area contributed by atoms with Crippen molar-refractivity contribution < 1.29 is 32.3 Å². The summed E-state index contributed by atoms with van der Waals surface area (Å²) in [5, 5.41) is 0. The maximum Gasteiger partial charge on any atom is 0.337 e. The topological polar surface area (TPSA) is 124 Å². The van der Waals surface area contributed by atoms with Gasteiger partial charge in [-0.3, -0.25) is 9.59 Å². The molecule has 0 unspecified atom stereocenters. The lowest BCUT2D eigenvalue weighted by atomic mass is 10.2. The minimum atomic E-state index is -3.67. The van der Waals surface area contributed by atoms with Gasteiger partial charge in [0.25, 0.3) is 5.91 Å². The molecule has 0 aliphatic rings. The fraction of sp³-hybridized carbons (Fsp3) is 0.360. The number of esters is 2. The Hall–Kier alpha value is -3.35. The largest absolute Gasteiger partial charge is 0.465 e. The number of hydrogen-bond acceptors (Lipinski definition) is 8. The summed E-state index contributed by atoms with van der Waals surface area (Å²) in [6, 6.07) is 10.4. The minimum absolute atomic E-state index is 0.0808. The van der Waals surface area contributed by atoms with Crippen LogP contribution < -0.4 is 4.80 Å². The van der Waals surface area contributed by atoms with E-state index in [1.165, 1.54) is 42.7 Å². The number of amides is 1. The van der Waals surface area contributed by atoms with Crippen molar-refractivity contribution in [2.24, 2.45) is 4.99 Å². The van der Waals surface area contributed by atoms with Gasteiger partial charge < -0.3 is 14.0 Å². The van der Waals surface area contributed by atoms with Crippen LogP contribution in [0.4, 0.5) is 0 Å². The Morgan fingerprint density at radius 2 is 1.73 bits per heavy atom. The molecule has 0 bridgehead atoms. The first kappa shape index (κ1) is 28.2. The number of carbonyl (C=O) groups is 3. The average Bonchev–Trinajstić information content (AvgIpc) is 3.22. The zero-order valence-corrected chi connectivity index (χ0v) is 22.7. The van der Waals surface area contributed by atoms with E-state index < -0.39 is 27.9 Å². The molecule has 0 atom stereocenters. The Kier molecular flexibility index (Phi) is 9.35. The molecule has 1 heterocycles. The van der Waals surface area contributed by atoms with Crippen LogP contribution >= 0.6 is 11.3 Å². The molecule has 37 heavy (non-hydrogen) atoms. The maximum atomic E-state index is 13.0. The van der Waals surface area contributed by atoms with Crippen molar-refractivity contribution in [1.29, 1.82) is 0 Å². The zero-order valence-electron chi connectivity index (χ0n) is 21.1. The van der Waals surface area contributed by atoms with E-state index in [0.717, 1.165) is 24.2 Å². The van der Waals surface area contributed by atoms with E-state index in [4.69, 9.17) is 9.47 Å². The Morgan fingerprint density at radius 1 is 1.05 bits per heavy atom. The SMILES string of the molecule is CCCCN(C)S(=O)(=O)c1ccc(C(=O)N=c2sc3cc(C(=O)OC)ccc3n2CC(=O)OCC)cc1. The molecule has 0 saturated carbocycles. The maximum absolute atomic E-state index is 13.0. The highest BCUT2D eigenvalue weighted by Crippen LogP contribution is 2.21. The second kappa shape index (κ2) is 12.3. The standard InChI is InChI=1S/C25H29N3O7S2/c1-5-7-14-27(3)37(32,33)19-11-8-17(9-12-19)23(30)26-25-28(16-22(29)35-6-2)20-13-10-18(24(31)34-4)15-21(20)36-25/h8-13,15H,5-7,14,16H2,1-4H3.